The maximum absolute atomic E-state index is 10.6. The fraction of sp³-hybridized carbons (Fsp3) is 0.0909. The molecule has 0 fully saturated rings. The van der Waals surface area contributed by atoms with E-state index in [0.717, 1.165) is 10.6 Å². The summed E-state index contributed by atoms with van der Waals surface area (Å²) in [5.41, 5.74) is 1.03. The number of thiophene rings is 1. The molecule has 3 nitrogen and oxygen atoms in total. The predicted molar refractivity (Wildman–Crippen MR) is 59.2 cm³/mol. The molecule has 0 amide bonds. The van der Waals surface area contributed by atoms with Crippen molar-refractivity contribution in [1.29, 1.82) is 0 Å². The normalized spacial score (nSPS) is 10.2. The second kappa shape index (κ2) is 3.82. The molecule has 0 radical (unpaired) electrons. The molecule has 2 heterocycles. The summed E-state index contributed by atoms with van der Waals surface area (Å²) >= 11 is 1.65. The van der Waals surface area contributed by atoms with Crippen LogP contribution in [-0.2, 0) is 0 Å². The zero-order valence-electron chi connectivity index (χ0n) is 8.10. The Morgan fingerprint density at radius 3 is 2.60 bits per heavy atom. The molecule has 0 spiro atoms. The van der Waals surface area contributed by atoms with Gasteiger partial charge in [0, 0.05) is 11.1 Å². The molecule has 0 aliphatic heterocycles. The Morgan fingerprint density at radius 2 is 2.13 bits per heavy atom. The SMILES string of the molecule is Cc1ccc(-c2ccc(C(=O)O)cn2)s1. The highest BCUT2D eigenvalue weighted by molar-refractivity contribution is 7.15. The number of hydrogen-bond acceptors (Lipinski definition) is 3. The zero-order valence-corrected chi connectivity index (χ0v) is 8.91. The average Bonchev–Trinajstić information content (AvgIpc) is 2.65. The molecular weight excluding hydrogens is 210 g/mol. The second-order valence-electron chi connectivity index (χ2n) is 3.15. The summed E-state index contributed by atoms with van der Waals surface area (Å²) in [4.78, 5) is 17.0. The maximum atomic E-state index is 10.6. The number of pyridine rings is 1. The molecule has 0 aliphatic rings. The van der Waals surface area contributed by atoms with Crippen LogP contribution in [-0.4, -0.2) is 16.1 Å². The van der Waals surface area contributed by atoms with E-state index >= 15 is 0 Å². The van der Waals surface area contributed by atoms with Gasteiger partial charge in [0.05, 0.1) is 16.1 Å². The van der Waals surface area contributed by atoms with Gasteiger partial charge in [-0.05, 0) is 31.2 Å². The summed E-state index contributed by atoms with van der Waals surface area (Å²) in [5, 5.41) is 8.71. The fourth-order valence-corrected chi connectivity index (χ4v) is 2.08. The third-order valence-electron chi connectivity index (χ3n) is 2.00. The number of hydrogen-bond donors (Lipinski definition) is 1. The molecular formula is C11H9NO2S. The lowest BCUT2D eigenvalue weighted by Gasteiger charge is -1.97. The number of aromatic carboxylic acids is 1. The quantitative estimate of drug-likeness (QED) is 0.844. The maximum Gasteiger partial charge on any atom is 0.337 e. The van der Waals surface area contributed by atoms with Crippen molar-refractivity contribution in [2.24, 2.45) is 0 Å². The molecule has 1 N–H and O–H groups in total. The summed E-state index contributed by atoms with van der Waals surface area (Å²) in [6.07, 6.45) is 1.38. The highest BCUT2D eigenvalue weighted by Gasteiger charge is 2.05. The van der Waals surface area contributed by atoms with Crippen molar-refractivity contribution >= 4 is 17.3 Å². The van der Waals surface area contributed by atoms with E-state index in [9.17, 15) is 4.79 Å². The van der Waals surface area contributed by atoms with E-state index in [0.29, 0.717) is 0 Å². The number of carboxylic acids is 1. The monoisotopic (exact) mass is 219 g/mol. The van der Waals surface area contributed by atoms with Crippen molar-refractivity contribution in [3.05, 3.63) is 40.9 Å². The molecule has 2 aromatic heterocycles. The standard InChI is InChI=1S/C11H9NO2S/c1-7-2-5-10(15-7)9-4-3-8(6-12-9)11(13)14/h2-6H,1H3,(H,13,14). The Bertz CT molecular complexity index is 488. The molecule has 2 rings (SSSR count). The summed E-state index contributed by atoms with van der Waals surface area (Å²) in [7, 11) is 0. The van der Waals surface area contributed by atoms with Crippen molar-refractivity contribution in [2.45, 2.75) is 6.92 Å². The molecule has 15 heavy (non-hydrogen) atoms. The van der Waals surface area contributed by atoms with Crippen molar-refractivity contribution in [3.8, 4) is 10.6 Å². The summed E-state index contributed by atoms with van der Waals surface area (Å²) < 4.78 is 0. The molecule has 0 saturated carbocycles. The first kappa shape index (κ1) is 9.86. The van der Waals surface area contributed by atoms with Gasteiger partial charge in [0.1, 0.15) is 0 Å². The van der Waals surface area contributed by atoms with E-state index < -0.39 is 5.97 Å². The number of aryl methyl sites for hydroxylation is 1. The molecule has 0 aromatic carbocycles. The first-order valence-corrected chi connectivity index (χ1v) is 5.24. The topological polar surface area (TPSA) is 50.2 Å². The van der Waals surface area contributed by atoms with Crippen molar-refractivity contribution < 1.29 is 9.90 Å². The van der Waals surface area contributed by atoms with E-state index in [1.54, 1.807) is 23.5 Å². The third kappa shape index (κ3) is 2.05. The Morgan fingerprint density at radius 1 is 1.33 bits per heavy atom. The Labute approximate surface area is 91.0 Å². The summed E-state index contributed by atoms with van der Waals surface area (Å²) in [6, 6.07) is 7.31. The van der Waals surface area contributed by atoms with Crippen LogP contribution >= 0.6 is 11.3 Å². The van der Waals surface area contributed by atoms with Crippen LogP contribution in [0.25, 0.3) is 10.6 Å². The lowest BCUT2D eigenvalue weighted by atomic mass is 10.2. The lowest BCUT2D eigenvalue weighted by Crippen LogP contribution is -1.96. The molecule has 0 atom stereocenters. The van der Waals surface area contributed by atoms with Gasteiger partial charge in [-0.25, -0.2) is 4.79 Å². The van der Waals surface area contributed by atoms with Gasteiger partial charge in [-0.2, -0.15) is 0 Å². The van der Waals surface area contributed by atoms with Crippen LogP contribution < -0.4 is 0 Å². The minimum atomic E-state index is -0.948. The van der Waals surface area contributed by atoms with Crippen LogP contribution in [0.15, 0.2) is 30.5 Å². The predicted octanol–water partition coefficient (Wildman–Crippen LogP) is 2.82. The number of carboxylic acid groups (broad SMARTS) is 1. The first-order valence-electron chi connectivity index (χ1n) is 4.43. The minimum absolute atomic E-state index is 0.215. The van der Waals surface area contributed by atoms with Gasteiger partial charge >= 0.3 is 5.97 Å². The molecule has 2 aromatic rings. The van der Waals surface area contributed by atoms with E-state index in [4.69, 9.17) is 5.11 Å². The highest BCUT2D eigenvalue weighted by Crippen LogP contribution is 2.25. The molecule has 76 valence electrons. The van der Waals surface area contributed by atoms with Crippen LogP contribution in [0.2, 0.25) is 0 Å². The summed E-state index contributed by atoms with van der Waals surface area (Å²) in [5.74, 6) is -0.948. The number of nitrogens with zero attached hydrogens (tertiary/aromatic N) is 1. The minimum Gasteiger partial charge on any atom is -0.478 e. The van der Waals surface area contributed by atoms with Gasteiger partial charge in [-0.1, -0.05) is 0 Å². The van der Waals surface area contributed by atoms with E-state index in [-0.39, 0.29) is 5.56 Å². The number of aromatic nitrogens is 1. The third-order valence-corrected chi connectivity index (χ3v) is 3.03. The largest absolute Gasteiger partial charge is 0.478 e. The second-order valence-corrected chi connectivity index (χ2v) is 4.44. The number of carbonyl (C=O) groups is 1. The molecule has 0 bridgehead atoms. The van der Waals surface area contributed by atoms with Crippen LogP contribution in [0, 0.1) is 6.92 Å². The van der Waals surface area contributed by atoms with Gasteiger partial charge in [0.15, 0.2) is 0 Å². The lowest BCUT2D eigenvalue weighted by molar-refractivity contribution is 0.0696. The van der Waals surface area contributed by atoms with Gasteiger partial charge < -0.3 is 5.11 Å². The Kier molecular flexibility index (Phi) is 2.51. The molecule has 4 heteroatoms. The molecule has 0 unspecified atom stereocenters. The number of rotatable bonds is 2. The van der Waals surface area contributed by atoms with Crippen molar-refractivity contribution in [2.75, 3.05) is 0 Å². The van der Waals surface area contributed by atoms with E-state index in [1.165, 1.54) is 11.1 Å². The van der Waals surface area contributed by atoms with Crippen LogP contribution in [0.3, 0.4) is 0 Å². The van der Waals surface area contributed by atoms with Crippen LogP contribution in [0.1, 0.15) is 15.2 Å². The zero-order chi connectivity index (χ0) is 10.8. The van der Waals surface area contributed by atoms with Crippen LogP contribution in [0.5, 0.6) is 0 Å². The smallest absolute Gasteiger partial charge is 0.337 e. The van der Waals surface area contributed by atoms with Gasteiger partial charge in [0.25, 0.3) is 0 Å². The Hall–Kier alpha value is -1.68. The van der Waals surface area contributed by atoms with E-state index in [2.05, 4.69) is 4.98 Å². The van der Waals surface area contributed by atoms with Gasteiger partial charge in [-0.15, -0.1) is 11.3 Å². The summed E-state index contributed by atoms with van der Waals surface area (Å²) in [6.45, 7) is 2.03. The van der Waals surface area contributed by atoms with Crippen molar-refractivity contribution in [3.63, 3.8) is 0 Å². The van der Waals surface area contributed by atoms with Gasteiger partial charge in [0.2, 0.25) is 0 Å². The van der Waals surface area contributed by atoms with Crippen LogP contribution in [0.4, 0.5) is 0 Å². The Balaban J connectivity index is 2.35. The van der Waals surface area contributed by atoms with Gasteiger partial charge in [-0.3, -0.25) is 4.98 Å². The molecule has 0 saturated heterocycles. The van der Waals surface area contributed by atoms with E-state index in [1.807, 2.05) is 19.1 Å². The average molecular weight is 219 g/mol. The first-order chi connectivity index (χ1) is 7.16. The fourth-order valence-electron chi connectivity index (χ4n) is 1.24. The molecule has 0 aliphatic carbocycles. The highest BCUT2D eigenvalue weighted by atomic mass is 32.1. The van der Waals surface area contributed by atoms with Crippen molar-refractivity contribution in [1.82, 2.24) is 4.98 Å².